The highest BCUT2D eigenvalue weighted by Gasteiger charge is 2.20. The lowest BCUT2D eigenvalue weighted by atomic mass is 10.2. The Hall–Kier alpha value is -3.30. The molecular weight excluding hydrogens is 462 g/mol. The van der Waals surface area contributed by atoms with Gasteiger partial charge in [0, 0.05) is 22.8 Å². The van der Waals surface area contributed by atoms with Crippen LogP contribution in [0.15, 0.2) is 66.3 Å². The molecule has 1 heterocycles. The first kappa shape index (κ1) is 24.3. The summed E-state index contributed by atoms with van der Waals surface area (Å²) in [6.45, 7) is 6.04. The van der Waals surface area contributed by atoms with Crippen molar-refractivity contribution in [1.82, 2.24) is 20.1 Å². The predicted molar refractivity (Wildman–Crippen MR) is 130 cm³/mol. The highest BCUT2D eigenvalue weighted by molar-refractivity contribution is 7.99. The standard InChI is InChI=1S/C23H24ClN5O3S/c1-4-12-29-21(15(2)25-22(31)16-8-10-19(32-3)11-9-16)27-28-23(29)33-14-20(30)26-18-7-5-6-17(24)13-18/h4-11,13,15H,1,12,14H2,2-3H3,(H,25,31)(H,26,30)/t15-/m0/s1. The zero-order chi connectivity index (χ0) is 23.8. The van der Waals surface area contributed by atoms with Crippen molar-refractivity contribution in [2.75, 3.05) is 18.2 Å². The molecule has 0 radical (unpaired) electrons. The first-order valence-electron chi connectivity index (χ1n) is 10.1. The molecule has 33 heavy (non-hydrogen) atoms. The lowest BCUT2D eigenvalue weighted by molar-refractivity contribution is -0.113. The second-order valence-electron chi connectivity index (χ2n) is 7.01. The Labute approximate surface area is 201 Å². The molecule has 0 bridgehead atoms. The molecule has 8 nitrogen and oxygen atoms in total. The van der Waals surface area contributed by atoms with E-state index in [0.717, 1.165) is 0 Å². The molecule has 1 aromatic heterocycles. The zero-order valence-corrected chi connectivity index (χ0v) is 19.8. The Morgan fingerprint density at radius 3 is 2.67 bits per heavy atom. The second kappa shape index (κ2) is 11.5. The van der Waals surface area contributed by atoms with Gasteiger partial charge in [-0.2, -0.15) is 0 Å². The first-order chi connectivity index (χ1) is 15.9. The molecule has 1 atom stereocenters. The fraction of sp³-hybridized carbons (Fsp3) is 0.217. The molecule has 0 aliphatic heterocycles. The smallest absolute Gasteiger partial charge is 0.251 e. The van der Waals surface area contributed by atoms with Crippen molar-refractivity contribution in [3.05, 3.63) is 77.6 Å². The third-order valence-corrected chi connectivity index (χ3v) is 5.79. The lowest BCUT2D eigenvalue weighted by Crippen LogP contribution is -2.28. The number of nitrogens with one attached hydrogen (secondary N) is 2. The number of halogens is 1. The van der Waals surface area contributed by atoms with E-state index in [0.29, 0.717) is 39.5 Å². The molecule has 3 aromatic rings. The molecular formula is C23H24ClN5O3S. The molecule has 0 saturated carbocycles. The Kier molecular flexibility index (Phi) is 8.51. The number of anilines is 1. The number of carbonyl (C=O) groups is 2. The maximum Gasteiger partial charge on any atom is 0.251 e. The van der Waals surface area contributed by atoms with Gasteiger partial charge in [-0.1, -0.05) is 35.5 Å². The number of hydrogen-bond donors (Lipinski definition) is 2. The minimum Gasteiger partial charge on any atom is -0.497 e. The number of carbonyl (C=O) groups excluding carboxylic acids is 2. The van der Waals surface area contributed by atoms with E-state index in [1.54, 1.807) is 61.7 Å². The summed E-state index contributed by atoms with van der Waals surface area (Å²) >= 11 is 7.20. The molecule has 0 unspecified atom stereocenters. The van der Waals surface area contributed by atoms with Crippen LogP contribution in [0.2, 0.25) is 5.02 Å². The number of methoxy groups -OCH3 is 1. The number of allylic oxidation sites excluding steroid dienone is 1. The van der Waals surface area contributed by atoms with E-state index in [-0.39, 0.29) is 17.6 Å². The maximum absolute atomic E-state index is 12.6. The molecule has 0 fully saturated rings. The van der Waals surface area contributed by atoms with Gasteiger partial charge in [0.05, 0.1) is 18.9 Å². The fourth-order valence-electron chi connectivity index (χ4n) is 3.01. The van der Waals surface area contributed by atoms with Crippen molar-refractivity contribution in [2.45, 2.75) is 24.7 Å². The van der Waals surface area contributed by atoms with E-state index in [2.05, 4.69) is 27.4 Å². The van der Waals surface area contributed by atoms with E-state index in [1.807, 2.05) is 11.5 Å². The third kappa shape index (κ3) is 6.59. The molecule has 172 valence electrons. The van der Waals surface area contributed by atoms with Gasteiger partial charge in [0.25, 0.3) is 5.91 Å². The summed E-state index contributed by atoms with van der Waals surface area (Å²) in [4.78, 5) is 25.0. The fourth-order valence-corrected chi connectivity index (χ4v) is 3.95. The minimum atomic E-state index is -0.415. The van der Waals surface area contributed by atoms with Crippen molar-refractivity contribution < 1.29 is 14.3 Å². The molecule has 0 spiro atoms. The number of thioether (sulfide) groups is 1. The summed E-state index contributed by atoms with van der Waals surface area (Å²) in [6.07, 6.45) is 1.71. The van der Waals surface area contributed by atoms with Crippen LogP contribution >= 0.6 is 23.4 Å². The minimum absolute atomic E-state index is 0.133. The van der Waals surface area contributed by atoms with Crippen LogP contribution in [0.25, 0.3) is 0 Å². The highest BCUT2D eigenvalue weighted by Crippen LogP contribution is 2.22. The summed E-state index contributed by atoms with van der Waals surface area (Å²) in [7, 11) is 1.57. The summed E-state index contributed by atoms with van der Waals surface area (Å²) < 4.78 is 6.95. The number of ether oxygens (including phenoxy) is 1. The maximum atomic E-state index is 12.6. The van der Waals surface area contributed by atoms with Gasteiger partial charge in [-0.15, -0.1) is 16.8 Å². The Bertz CT molecular complexity index is 1130. The largest absolute Gasteiger partial charge is 0.497 e. The van der Waals surface area contributed by atoms with Crippen LogP contribution in [0, 0.1) is 0 Å². The van der Waals surface area contributed by atoms with E-state index in [9.17, 15) is 9.59 Å². The molecule has 2 amide bonds. The van der Waals surface area contributed by atoms with Crippen LogP contribution < -0.4 is 15.4 Å². The van der Waals surface area contributed by atoms with E-state index >= 15 is 0 Å². The van der Waals surface area contributed by atoms with Gasteiger partial charge in [0.2, 0.25) is 5.91 Å². The van der Waals surface area contributed by atoms with Crippen molar-refractivity contribution in [2.24, 2.45) is 0 Å². The average Bonchev–Trinajstić information content (AvgIpc) is 3.20. The highest BCUT2D eigenvalue weighted by atomic mass is 35.5. The van der Waals surface area contributed by atoms with E-state index in [4.69, 9.17) is 16.3 Å². The Morgan fingerprint density at radius 1 is 1.24 bits per heavy atom. The topological polar surface area (TPSA) is 98.1 Å². The summed E-state index contributed by atoms with van der Waals surface area (Å²) in [5.74, 6) is 0.932. The number of nitrogens with zero attached hydrogens (tertiary/aromatic N) is 3. The number of rotatable bonds is 10. The van der Waals surface area contributed by atoms with Gasteiger partial charge in [-0.25, -0.2) is 0 Å². The third-order valence-electron chi connectivity index (χ3n) is 4.58. The van der Waals surface area contributed by atoms with Crippen LogP contribution in [0.1, 0.15) is 29.1 Å². The summed E-state index contributed by atoms with van der Waals surface area (Å²) in [6, 6.07) is 13.4. The van der Waals surface area contributed by atoms with Crippen molar-refractivity contribution >= 4 is 40.9 Å². The van der Waals surface area contributed by atoms with Crippen molar-refractivity contribution in [1.29, 1.82) is 0 Å². The van der Waals surface area contributed by atoms with Gasteiger partial charge in [0.1, 0.15) is 5.75 Å². The van der Waals surface area contributed by atoms with E-state index < -0.39 is 6.04 Å². The van der Waals surface area contributed by atoms with Crippen LogP contribution in [0.4, 0.5) is 5.69 Å². The monoisotopic (exact) mass is 485 g/mol. The molecule has 3 rings (SSSR count). The summed E-state index contributed by atoms with van der Waals surface area (Å²) in [5.41, 5.74) is 1.13. The van der Waals surface area contributed by atoms with Crippen LogP contribution in [0.5, 0.6) is 5.75 Å². The predicted octanol–water partition coefficient (Wildman–Crippen LogP) is 4.35. The second-order valence-corrected chi connectivity index (χ2v) is 8.39. The molecule has 0 aliphatic carbocycles. The molecule has 2 N–H and O–H groups in total. The quantitative estimate of drug-likeness (QED) is 0.327. The normalized spacial score (nSPS) is 11.5. The lowest BCUT2D eigenvalue weighted by Gasteiger charge is -2.15. The van der Waals surface area contributed by atoms with Gasteiger partial charge >= 0.3 is 0 Å². The first-order valence-corrected chi connectivity index (χ1v) is 11.4. The van der Waals surface area contributed by atoms with E-state index in [1.165, 1.54) is 11.8 Å². The summed E-state index contributed by atoms with van der Waals surface area (Å²) in [5, 5.41) is 15.3. The van der Waals surface area contributed by atoms with Gasteiger partial charge in [-0.05, 0) is 49.4 Å². The van der Waals surface area contributed by atoms with Crippen molar-refractivity contribution in [3.8, 4) is 5.75 Å². The van der Waals surface area contributed by atoms with Crippen molar-refractivity contribution in [3.63, 3.8) is 0 Å². The zero-order valence-electron chi connectivity index (χ0n) is 18.2. The van der Waals surface area contributed by atoms with Gasteiger partial charge in [-0.3, -0.25) is 9.59 Å². The number of aromatic nitrogens is 3. The number of benzene rings is 2. The molecule has 0 saturated heterocycles. The SMILES string of the molecule is C=CCn1c(SCC(=O)Nc2cccc(Cl)c2)nnc1[C@H](C)NC(=O)c1ccc(OC)cc1. The Morgan fingerprint density at radius 2 is 2.00 bits per heavy atom. The number of hydrogen-bond acceptors (Lipinski definition) is 6. The molecule has 2 aromatic carbocycles. The average molecular weight is 486 g/mol. The Balaban J connectivity index is 1.65. The molecule has 0 aliphatic rings. The van der Waals surface area contributed by atoms with Crippen LogP contribution in [-0.4, -0.2) is 39.4 Å². The number of amides is 2. The van der Waals surface area contributed by atoms with Gasteiger partial charge in [0.15, 0.2) is 11.0 Å². The van der Waals surface area contributed by atoms with Crippen LogP contribution in [0.3, 0.4) is 0 Å². The molecule has 10 heteroatoms. The van der Waals surface area contributed by atoms with Crippen LogP contribution in [-0.2, 0) is 11.3 Å². The van der Waals surface area contributed by atoms with Gasteiger partial charge < -0.3 is 19.9 Å².